The van der Waals surface area contributed by atoms with Gasteiger partial charge in [0.1, 0.15) is 0 Å². The molecule has 0 saturated carbocycles. The Hall–Kier alpha value is -0.760. The molecule has 1 aromatic rings. The van der Waals surface area contributed by atoms with Crippen molar-refractivity contribution in [3.63, 3.8) is 0 Å². The molecular weight excluding hydrogens is 403 g/mol. The molecule has 1 aromatic heterocycles. The molecule has 0 bridgehead atoms. The quantitative estimate of drug-likeness (QED) is 0.280. The first-order valence-corrected chi connectivity index (χ1v) is 8.22. The van der Waals surface area contributed by atoms with Gasteiger partial charge < -0.3 is 19.5 Å². The first-order chi connectivity index (χ1) is 10.5. The Bertz CT molecular complexity index is 446. The Morgan fingerprint density at radius 1 is 1.39 bits per heavy atom. The molecule has 0 amide bonds. The first kappa shape index (κ1) is 22.2. The van der Waals surface area contributed by atoms with Crippen LogP contribution in [-0.2, 0) is 18.3 Å². The number of nitrogens with zero attached hydrogens (tertiary/aromatic N) is 3. The van der Waals surface area contributed by atoms with Crippen molar-refractivity contribution >= 4 is 29.9 Å². The summed E-state index contributed by atoms with van der Waals surface area (Å²) in [6.45, 7) is 10.4. The molecule has 0 radical (unpaired) electrons. The summed E-state index contributed by atoms with van der Waals surface area (Å²) in [5.74, 6) is 1.62. The number of rotatable bonds is 9. The zero-order valence-electron chi connectivity index (χ0n) is 15.2. The lowest BCUT2D eigenvalue weighted by molar-refractivity contribution is 0.130. The summed E-state index contributed by atoms with van der Waals surface area (Å²) in [6, 6.07) is 4.20. The Labute approximate surface area is 158 Å². The van der Waals surface area contributed by atoms with E-state index in [1.807, 2.05) is 0 Å². The third kappa shape index (κ3) is 9.20. The molecule has 0 aromatic carbocycles. The van der Waals surface area contributed by atoms with E-state index in [-0.39, 0.29) is 24.0 Å². The van der Waals surface area contributed by atoms with Gasteiger partial charge in [-0.3, -0.25) is 4.99 Å². The van der Waals surface area contributed by atoms with Crippen molar-refractivity contribution in [2.75, 3.05) is 33.4 Å². The molecule has 0 saturated heterocycles. The maximum Gasteiger partial charge on any atom is 0.194 e. The smallest absolute Gasteiger partial charge is 0.194 e. The zero-order chi connectivity index (χ0) is 16.4. The Kier molecular flexibility index (Phi) is 12.2. The average molecular weight is 436 g/mol. The van der Waals surface area contributed by atoms with Gasteiger partial charge in [-0.25, -0.2) is 0 Å². The fraction of sp³-hybridized carbons (Fsp3) is 0.706. The topological polar surface area (TPSA) is 41.8 Å². The normalized spacial score (nSPS) is 11.5. The SMILES string of the molecule is CCNC(=NCCOCCC(C)C)N(C)Cc1cccn1C.I. The molecule has 0 unspecified atom stereocenters. The Morgan fingerprint density at radius 3 is 2.70 bits per heavy atom. The fourth-order valence-electron chi connectivity index (χ4n) is 2.09. The Morgan fingerprint density at radius 2 is 2.13 bits per heavy atom. The summed E-state index contributed by atoms with van der Waals surface area (Å²) in [4.78, 5) is 6.78. The number of ether oxygens (including phenoxy) is 1. The van der Waals surface area contributed by atoms with E-state index in [4.69, 9.17) is 4.74 Å². The molecular formula is C17H33IN4O. The van der Waals surface area contributed by atoms with Crippen LogP contribution in [0.4, 0.5) is 0 Å². The monoisotopic (exact) mass is 436 g/mol. The zero-order valence-corrected chi connectivity index (χ0v) is 17.5. The lowest BCUT2D eigenvalue weighted by Crippen LogP contribution is -2.39. The molecule has 0 atom stereocenters. The largest absolute Gasteiger partial charge is 0.380 e. The van der Waals surface area contributed by atoms with Crippen LogP contribution in [0.25, 0.3) is 0 Å². The number of guanidine groups is 1. The van der Waals surface area contributed by atoms with Gasteiger partial charge in [0.2, 0.25) is 0 Å². The van der Waals surface area contributed by atoms with E-state index >= 15 is 0 Å². The molecule has 0 aliphatic carbocycles. The number of aliphatic imine (C=N–C) groups is 1. The van der Waals surface area contributed by atoms with Gasteiger partial charge in [0.05, 0.1) is 19.7 Å². The van der Waals surface area contributed by atoms with Crippen LogP contribution in [0.5, 0.6) is 0 Å². The fourth-order valence-corrected chi connectivity index (χ4v) is 2.09. The van der Waals surface area contributed by atoms with Gasteiger partial charge in [0.15, 0.2) is 5.96 Å². The van der Waals surface area contributed by atoms with E-state index < -0.39 is 0 Å². The summed E-state index contributed by atoms with van der Waals surface area (Å²) in [7, 11) is 4.13. The summed E-state index contributed by atoms with van der Waals surface area (Å²) in [6.07, 6.45) is 3.17. The molecule has 5 nitrogen and oxygen atoms in total. The van der Waals surface area contributed by atoms with E-state index in [1.54, 1.807) is 0 Å². The molecule has 0 aliphatic rings. The molecule has 1 heterocycles. The van der Waals surface area contributed by atoms with Gasteiger partial charge in [-0.15, -0.1) is 24.0 Å². The highest BCUT2D eigenvalue weighted by molar-refractivity contribution is 14.0. The Balaban J connectivity index is 0.00000484. The van der Waals surface area contributed by atoms with Crippen molar-refractivity contribution in [3.8, 4) is 0 Å². The van der Waals surface area contributed by atoms with Crippen molar-refractivity contribution in [1.82, 2.24) is 14.8 Å². The second kappa shape index (κ2) is 12.6. The molecule has 1 rings (SSSR count). The minimum atomic E-state index is 0. The van der Waals surface area contributed by atoms with Crippen LogP contribution < -0.4 is 5.32 Å². The highest BCUT2D eigenvalue weighted by Gasteiger charge is 2.07. The van der Waals surface area contributed by atoms with Gasteiger partial charge in [-0.05, 0) is 31.4 Å². The molecule has 0 fully saturated rings. The third-order valence-electron chi connectivity index (χ3n) is 3.48. The highest BCUT2D eigenvalue weighted by atomic mass is 127. The van der Waals surface area contributed by atoms with E-state index in [0.717, 1.165) is 32.1 Å². The number of halogens is 1. The molecule has 6 heteroatoms. The summed E-state index contributed by atoms with van der Waals surface area (Å²) in [5, 5.41) is 3.33. The third-order valence-corrected chi connectivity index (χ3v) is 3.48. The van der Waals surface area contributed by atoms with Crippen LogP contribution >= 0.6 is 24.0 Å². The van der Waals surface area contributed by atoms with Crippen LogP contribution in [0.1, 0.15) is 32.9 Å². The highest BCUT2D eigenvalue weighted by Crippen LogP contribution is 2.04. The summed E-state index contributed by atoms with van der Waals surface area (Å²) >= 11 is 0. The summed E-state index contributed by atoms with van der Waals surface area (Å²) < 4.78 is 7.75. The van der Waals surface area contributed by atoms with Gasteiger partial charge >= 0.3 is 0 Å². The number of aromatic nitrogens is 1. The molecule has 0 aliphatic heterocycles. The van der Waals surface area contributed by atoms with Crippen LogP contribution in [0.3, 0.4) is 0 Å². The number of hydrogen-bond donors (Lipinski definition) is 1. The van der Waals surface area contributed by atoms with Crippen LogP contribution in [0, 0.1) is 5.92 Å². The molecule has 1 N–H and O–H groups in total. The lowest BCUT2D eigenvalue weighted by Gasteiger charge is -2.22. The van der Waals surface area contributed by atoms with Crippen molar-refractivity contribution in [2.45, 2.75) is 33.7 Å². The van der Waals surface area contributed by atoms with E-state index in [1.165, 1.54) is 5.69 Å². The minimum Gasteiger partial charge on any atom is -0.380 e. The van der Waals surface area contributed by atoms with Crippen molar-refractivity contribution in [2.24, 2.45) is 18.0 Å². The molecule has 134 valence electrons. The second-order valence-electron chi connectivity index (χ2n) is 6.00. The maximum atomic E-state index is 5.62. The van der Waals surface area contributed by atoms with Crippen molar-refractivity contribution in [3.05, 3.63) is 24.0 Å². The standard InChI is InChI=1S/C17H32N4O.HI/c1-6-18-17(19-10-13-22-12-9-15(2)3)21(5)14-16-8-7-11-20(16)4;/h7-8,11,15H,6,9-10,12-14H2,1-5H3,(H,18,19);1H. The van der Waals surface area contributed by atoms with Gasteiger partial charge in [-0.2, -0.15) is 0 Å². The van der Waals surface area contributed by atoms with Crippen molar-refractivity contribution in [1.29, 1.82) is 0 Å². The predicted molar refractivity (Wildman–Crippen MR) is 109 cm³/mol. The van der Waals surface area contributed by atoms with Crippen molar-refractivity contribution < 1.29 is 4.74 Å². The predicted octanol–water partition coefficient (Wildman–Crippen LogP) is 3.10. The van der Waals surface area contributed by atoms with E-state index in [2.05, 4.69) is 73.0 Å². The van der Waals surface area contributed by atoms with E-state index in [0.29, 0.717) is 19.1 Å². The number of aryl methyl sites for hydroxylation is 1. The van der Waals surface area contributed by atoms with Crippen LogP contribution in [0.15, 0.2) is 23.3 Å². The molecule has 23 heavy (non-hydrogen) atoms. The summed E-state index contributed by atoms with van der Waals surface area (Å²) in [5.41, 5.74) is 1.27. The number of nitrogens with one attached hydrogen (secondary N) is 1. The average Bonchev–Trinajstić information content (AvgIpc) is 2.86. The number of hydrogen-bond acceptors (Lipinski definition) is 2. The van der Waals surface area contributed by atoms with Crippen LogP contribution in [-0.4, -0.2) is 48.8 Å². The van der Waals surface area contributed by atoms with E-state index in [9.17, 15) is 0 Å². The second-order valence-corrected chi connectivity index (χ2v) is 6.00. The van der Waals surface area contributed by atoms with Gasteiger partial charge in [0.25, 0.3) is 0 Å². The first-order valence-electron chi connectivity index (χ1n) is 8.22. The lowest BCUT2D eigenvalue weighted by atomic mass is 10.1. The molecule has 0 spiro atoms. The van der Waals surface area contributed by atoms with Crippen LogP contribution in [0.2, 0.25) is 0 Å². The minimum absolute atomic E-state index is 0. The van der Waals surface area contributed by atoms with Gasteiger partial charge in [-0.1, -0.05) is 13.8 Å². The van der Waals surface area contributed by atoms with Gasteiger partial charge in [0, 0.05) is 39.1 Å². The maximum absolute atomic E-state index is 5.62.